The van der Waals surface area contributed by atoms with E-state index in [1.165, 1.54) is 6.08 Å². The Kier molecular flexibility index (Phi) is 6.65. The number of carbonyl (C=O) groups is 2. The van der Waals surface area contributed by atoms with E-state index in [9.17, 15) is 9.59 Å². The highest BCUT2D eigenvalue weighted by Gasteiger charge is 2.23. The van der Waals surface area contributed by atoms with Gasteiger partial charge in [0, 0.05) is 6.42 Å². The Labute approximate surface area is 96.8 Å². The minimum Gasteiger partial charge on any atom is -0.461 e. The molecular weight excluding hydrogens is 206 g/mol. The van der Waals surface area contributed by atoms with Gasteiger partial charge in [0.25, 0.3) is 0 Å². The molecule has 0 radical (unpaired) electrons. The Morgan fingerprint density at radius 3 is 2.38 bits per heavy atom. The fraction of sp³-hybridized carbons (Fsp3) is 0.667. The molecule has 2 N–H and O–H groups in total. The molecule has 0 fully saturated rings. The minimum atomic E-state index is -0.505. The molecule has 4 heteroatoms. The van der Waals surface area contributed by atoms with E-state index in [1.807, 2.05) is 13.8 Å². The maximum absolute atomic E-state index is 11.6. The number of Topliss-reactive ketones (excluding diaryl/α,β-unsaturated/α-hetero) is 1. The first-order chi connectivity index (χ1) is 7.40. The summed E-state index contributed by atoms with van der Waals surface area (Å²) in [5.41, 5.74) is 5.69. The number of hydrogen-bond donors (Lipinski definition) is 1. The van der Waals surface area contributed by atoms with Crippen LogP contribution in [-0.4, -0.2) is 24.4 Å². The van der Waals surface area contributed by atoms with Crippen molar-refractivity contribution in [3.8, 4) is 0 Å². The summed E-state index contributed by atoms with van der Waals surface area (Å²) < 4.78 is 4.84. The van der Waals surface area contributed by atoms with Crippen molar-refractivity contribution in [2.45, 2.75) is 33.2 Å². The predicted octanol–water partition coefficient (Wildman–Crippen LogP) is 1.29. The summed E-state index contributed by atoms with van der Waals surface area (Å²) in [6.07, 6.45) is 1.63. The van der Waals surface area contributed by atoms with Gasteiger partial charge in [-0.05, 0) is 5.92 Å². The Balaban J connectivity index is 4.13. The molecule has 0 saturated heterocycles. The van der Waals surface area contributed by atoms with Crippen LogP contribution in [-0.2, 0) is 14.3 Å². The SMILES string of the molecule is C=CCOC(=O)[C@H](C)CC(=O)[C@@H](N)C(C)C. The van der Waals surface area contributed by atoms with Crippen LogP contribution in [0, 0.1) is 11.8 Å². The van der Waals surface area contributed by atoms with Gasteiger partial charge in [0.1, 0.15) is 6.61 Å². The lowest BCUT2D eigenvalue weighted by Crippen LogP contribution is -2.37. The zero-order chi connectivity index (χ0) is 12.7. The maximum atomic E-state index is 11.6. The second-order valence-electron chi connectivity index (χ2n) is 4.26. The highest BCUT2D eigenvalue weighted by atomic mass is 16.5. The van der Waals surface area contributed by atoms with Gasteiger partial charge in [0.15, 0.2) is 5.78 Å². The Morgan fingerprint density at radius 2 is 1.94 bits per heavy atom. The summed E-state index contributed by atoms with van der Waals surface area (Å²) in [4.78, 5) is 23.0. The molecule has 0 amide bonds. The van der Waals surface area contributed by atoms with Gasteiger partial charge in [-0.25, -0.2) is 0 Å². The van der Waals surface area contributed by atoms with Gasteiger partial charge in [-0.2, -0.15) is 0 Å². The molecule has 0 heterocycles. The van der Waals surface area contributed by atoms with Crippen molar-refractivity contribution in [3.05, 3.63) is 12.7 Å². The third kappa shape index (κ3) is 5.07. The standard InChI is InChI=1S/C12H21NO3/c1-5-6-16-12(15)9(4)7-10(14)11(13)8(2)3/h5,8-9,11H,1,6-7,13H2,2-4H3/t9-,11+/m1/s1. The van der Waals surface area contributed by atoms with Crippen molar-refractivity contribution in [1.29, 1.82) is 0 Å². The fourth-order valence-corrected chi connectivity index (χ4v) is 1.18. The van der Waals surface area contributed by atoms with Crippen LogP contribution in [0.25, 0.3) is 0 Å². The average Bonchev–Trinajstić information content (AvgIpc) is 2.24. The van der Waals surface area contributed by atoms with Crippen LogP contribution >= 0.6 is 0 Å². The van der Waals surface area contributed by atoms with Crippen LogP contribution in [0.3, 0.4) is 0 Å². The molecule has 0 unspecified atom stereocenters. The van der Waals surface area contributed by atoms with Crippen LogP contribution in [0.1, 0.15) is 27.2 Å². The van der Waals surface area contributed by atoms with Gasteiger partial charge in [0.2, 0.25) is 0 Å². The highest BCUT2D eigenvalue weighted by molar-refractivity contribution is 5.88. The molecular formula is C12H21NO3. The second-order valence-corrected chi connectivity index (χ2v) is 4.26. The molecule has 2 atom stereocenters. The van der Waals surface area contributed by atoms with E-state index in [1.54, 1.807) is 6.92 Å². The number of hydrogen-bond acceptors (Lipinski definition) is 4. The van der Waals surface area contributed by atoms with Crippen molar-refractivity contribution >= 4 is 11.8 Å². The molecule has 0 aliphatic heterocycles. The normalized spacial score (nSPS) is 14.3. The van der Waals surface area contributed by atoms with E-state index in [-0.39, 0.29) is 30.7 Å². The van der Waals surface area contributed by atoms with Crippen molar-refractivity contribution in [3.63, 3.8) is 0 Å². The lowest BCUT2D eigenvalue weighted by molar-refractivity contribution is -0.148. The third-order valence-electron chi connectivity index (χ3n) is 2.34. The topological polar surface area (TPSA) is 69.4 Å². The quantitative estimate of drug-likeness (QED) is 0.525. The van der Waals surface area contributed by atoms with E-state index in [2.05, 4.69) is 6.58 Å². The van der Waals surface area contributed by atoms with E-state index < -0.39 is 12.0 Å². The predicted molar refractivity (Wildman–Crippen MR) is 62.8 cm³/mol. The lowest BCUT2D eigenvalue weighted by atomic mass is 9.94. The summed E-state index contributed by atoms with van der Waals surface area (Å²) in [5, 5.41) is 0. The van der Waals surface area contributed by atoms with E-state index in [4.69, 9.17) is 10.5 Å². The van der Waals surface area contributed by atoms with Gasteiger partial charge in [-0.1, -0.05) is 33.4 Å². The zero-order valence-corrected chi connectivity index (χ0v) is 10.2. The van der Waals surface area contributed by atoms with Crippen LogP contribution < -0.4 is 5.73 Å². The van der Waals surface area contributed by atoms with Crippen LogP contribution in [0.4, 0.5) is 0 Å². The zero-order valence-electron chi connectivity index (χ0n) is 10.2. The highest BCUT2D eigenvalue weighted by Crippen LogP contribution is 2.10. The first-order valence-electron chi connectivity index (χ1n) is 5.46. The van der Waals surface area contributed by atoms with Gasteiger partial charge in [-0.15, -0.1) is 0 Å². The molecule has 0 spiro atoms. The van der Waals surface area contributed by atoms with Gasteiger partial charge >= 0.3 is 5.97 Å². The lowest BCUT2D eigenvalue weighted by Gasteiger charge is -2.16. The smallest absolute Gasteiger partial charge is 0.309 e. The molecule has 0 bridgehead atoms. The second kappa shape index (κ2) is 7.17. The number of ketones is 1. The van der Waals surface area contributed by atoms with Crippen molar-refractivity contribution in [2.24, 2.45) is 17.6 Å². The molecule has 0 aliphatic carbocycles. The largest absolute Gasteiger partial charge is 0.461 e. The number of rotatable bonds is 7. The van der Waals surface area contributed by atoms with Crippen LogP contribution in [0.2, 0.25) is 0 Å². The van der Waals surface area contributed by atoms with E-state index >= 15 is 0 Å². The molecule has 16 heavy (non-hydrogen) atoms. The van der Waals surface area contributed by atoms with E-state index in [0.29, 0.717) is 0 Å². The monoisotopic (exact) mass is 227 g/mol. The molecule has 0 aromatic heterocycles. The summed E-state index contributed by atoms with van der Waals surface area (Å²) >= 11 is 0. The third-order valence-corrected chi connectivity index (χ3v) is 2.34. The number of carbonyl (C=O) groups excluding carboxylic acids is 2. The minimum absolute atomic E-state index is 0.0869. The summed E-state index contributed by atoms with van der Waals surface area (Å²) in [7, 11) is 0. The maximum Gasteiger partial charge on any atom is 0.309 e. The Bertz CT molecular complexity index is 261. The van der Waals surface area contributed by atoms with Crippen LogP contribution in [0.15, 0.2) is 12.7 Å². The van der Waals surface area contributed by atoms with Crippen molar-refractivity contribution < 1.29 is 14.3 Å². The van der Waals surface area contributed by atoms with Gasteiger partial charge < -0.3 is 10.5 Å². The van der Waals surface area contributed by atoms with Crippen LogP contribution in [0.5, 0.6) is 0 Å². The average molecular weight is 227 g/mol. The number of ether oxygens (including phenoxy) is 1. The van der Waals surface area contributed by atoms with Crippen molar-refractivity contribution in [1.82, 2.24) is 0 Å². The van der Waals surface area contributed by atoms with E-state index in [0.717, 1.165) is 0 Å². The Morgan fingerprint density at radius 1 is 1.38 bits per heavy atom. The fourth-order valence-electron chi connectivity index (χ4n) is 1.18. The molecule has 92 valence electrons. The van der Waals surface area contributed by atoms with Gasteiger partial charge in [-0.3, -0.25) is 9.59 Å². The van der Waals surface area contributed by atoms with Gasteiger partial charge in [0.05, 0.1) is 12.0 Å². The molecule has 0 aromatic rings. The van der Waals surface area contributed by atoms with Crippen molar-refractivity contribution in [2.75, 3.05) is 6.61 Å². The first-order valence-corrected chi connectivity index (χ1v) is 5.46. The summed E-state index contributed by atoms with van der Waals surface area (Å²) in [5.74, 6) is -0.844. The molecule has 0 rings (SSSR count). The molecule has 4 nitrogen and oxygen atoms in total. The number of nitrogens with two attached hydrogens (primary N) is 1. The molecule has 0 aromatic carbocycles. The Hall–Kier alpha value is -1.16. The number of esters is 1. The first kappa shape index (κ1) is 14.8. The molecule has 0 saturated carbocycles. The summed E-state index contributed by atoms with van der Waals surface area (Å²) in [6, 6.07) is -0.505. The molecule has 0 aliphatic rings. The summed E-state index contributed by atoms with van der Waals surface area (Å²) in [6.45, 7) is 9.03.